The summed E-state index contributed by atoms with van der Waals surface area (Å²) in [7, 11) is 0. The first-order valence-corrected chi connectivity index (χ1v) is 6.29. The highest BCUT2D eigenvalue weighted by Gasteiger charge is 2.19. The Balaban J connectivity index is 2.12. The molecule has 2 aromatic rings. The number of aromatic nitrogens is 4. The number of carboxylic acid groups (broad SMARTS) is 1. The third kappa shape index (κ3) is 1.99. The van der Waals surface area contributed by atoms with Crippen molar-refractivity contribution < 1.29 is 9.90 Å². The van der Waals surface area contributed by atoms with E-state index in [1.807, 2.05) is 0 Å². The first-order valence-electron chi connectivity index (χ1n) is 6.29. The topological polar surface area (TPSA) is 80.9 Å². The lowest BCUT2D eigenvalue weighted by molar-refractivity contribution is 0.0696. The van der Waals surface area contributed by atoms with Gasteiger partial charge >= 0.3 is 5.97 Å². The van der Waals surface area contributed by atoms with Gasteiger partial charge in [0.05, 0.1) is 5.69 Å². The van der Waals surface area contributed by atoms with Crippen LogP contribution in [0.4, 0.5) is 0 Å². The molecule has 2 heterocycles. The average molecular weight is 258 g/mol. The van der Waals surface area contributed by atoms with Crippen LogP contribution in [-0.4, -0.2) is 30.8 Å². The van der Waals surface area contributed by atoms with Crippen LogP contribution in [0, 0.1) is 6.92 Å². The molecule has 0 bridgehead atoms. The number of aryl methyl sites for hydroxylation is 2. The van der Waals surface area contributed by atoms with E-state index in [4.69, 9.17) is 5.11 Å². The molecule has 0 radical (unpaired) electrons. The van der Waals surface area contributed by atoms with Crippen molar-refractivity contribution in [2.75, 3.05) is 0 Å². The van der Waals surface area contributed by atoms with Gasteiger partial charge in [-0.3, -0.25) is 0 Å². The first kappa shape index (κ1) is 11.8. The van der Waals surface area contributed by atoms with Gasteiger partial charge in [0.25, 0.3) is 0 Å². The van der Waals surface area contributed by atoms with Crippen LogP contribution in [-0.2, 0) is 12.8 Å². The number of hydrogen-bond donors (Lipinski definition) is 1. The Bertz CT molecular complexity index is 648. The van der Waals surface area contributed by atoms with Gasteiger partial charge in [0.1, 0.15) is 11.9 Å². The maximum absolute atomic E-state index is 11.1. The van der Waals surface area contributed by atoms with E-state index in [0.717, 1.165) is 36.9 Å². The minimum Gasteiger partial charge on any atom is -0.478 e. The summed E-state index contributed by atoms with van der Waals surface area (Å²) in [5.74, 6) is -0.257. The smallest absolute Gasteiger partial charge is 0.339 e. The second-order valence-electron chi connectivity index (χ2n) is 4.71. The number of carboxylic acids is 1. The average Bonchev–Trinajstić information content (AvgIpc) is 2.80. The minimum absolute atomic E-state index is 0.211. The molecule has 1 N–H and O–H groups in total. The molecule has 3 rings (SSSR count). The third-order valence-electron chi connectivity index (χ3n) is 3.45. The Labute approximate surface area is 110 Å². The molecule has 98 valence electrons. The molecule has 0 fully saturated rings. The van der Waals surface area contributed by atoms with Crippen LogP contribution in [0.1, 0.15) is 40.2 Å². The molecular weight excluding hydrogens is 244 g/mol. The largest absolute Gasteiger partial charge is 0.478 e. The highest BCUT2D eigenvalue weighted by atomic mass is 16.4. The van der Waals surface area contributed by atoms with Gasteiger partial charge in [-0.25, -0.2) is 19.4 Å². The maximum atomic E-state index is 11.1. The molecule has 1 aliphatic rings. The molecule has 0 atom stereocenters. The Kier molecular flexibility index (Phi) is 2.77. The van der Waals surface area contributed by atoms with Crippen LogP contribution < -0.4 is 0 Å². The molecule has 0 aromatic carbocycles. The summed E-state index contributed by atoms with van der Waals surface area (Å²) in [6.07, 6.45) is 7.18. The molecule has 0 aliphatic heterocycles. The maximum Gasteiger partial charge on any atom is 0.339 e. The number of nitrogens with zero attached hydrogens (tertiary/aromatic N) is 4. The van der Waals surface area contributed by atoms with Gasteiger partial charge < -0.3 is 5.11 Å². The van der Waals surface area contributed by atoms with Gasteiger partial charge in [0, 0.05) is 17.5 Å². The first-order chi connectivity index (χ1) is 9.16. The second-order valence-corrected chi connectivity index (χ2v) is 4.71. The van der Waals surface area contributed by atoms with Crippen LogP contribution in [0.2, 0.25) is 0 Å². The summed E-state index contributed by atoms with van der Waals surface area (Å²) >= 11 is 0. The van der Waals surface area contributed by atoms with Gasteiger partial charge in [-0.15, -0.1) is 0 Å². The molecule has 6 heteroatoms. The van der Waals surface area contributed by atoms with Gasteiger partial charge in [0.2, 0.25) is 0 Å². The van der Waals surface area contributed by atoms with Gasteiger partial charge in [-0.2, -0.15) is 5.10 Å². The van der Waals surface area contributed by atoms with Crippen molar-refractivity contribution >= 4 is 5.97 Å². The van der Waals surface area contributed by atoms with E-state index in [1.54, 1.807) is 11.6 Å². The van der Waals surface area contributed by atoms with Gasteiger partial charge in [-0.1, -0.05) is 0 Å². The van der Waals surface area contributed by atoms with Crippen LogP contribution in [0.15, 0.2) is 12.5 Å². The zero-order valence-corrected chi connectivity index (χ0v) is 10.6. The zero-order chi connectivity index (χ0) is 13.4. The SMILES string of the molecule is Cc1nn(-c2ncnc3c2CCCC3)cc1C(=O)O. The van der Waals surface area contributed by atoms with Crippen molar-refractivity contribution in [2.24, 2.45) is 0 Å². The fourth-order valence-electron chi connectivity index (χ4n) is 2.48. The molecule has 0 saturated heterocycles. The van der Waals surface area contributed by atoms with Crippen molar-refractivity contribution in [3.8, 4) is 5.82 Å². The van der Waals surface area contributed by atoms with Crippen LogP contribution in [0.5, 0.6) is 0 Å². The predicted molar refractivity (Wildman–Crippen MR) is 67.5 cm³/mol. The number of rotatable bonds is 2. The normalized spacial score (nSPS) is 14.2. The molecule has 6 nitrogen and oxygen atoms in total. The molecule has 0 spiro atoms. The molecule has 0 unspecified atom stereocenters. The third-order valence-corrected chi connectivity index (χ3v) is 3.45. The van der Waals surface area contributed by atoms with E-state index in [9.17, 15) is 4.79 Å². The van der Waals surface area contributed by atoms with Crippen molar-refractivity contribution in [2.45, 2.75) is 32.6 Å². The molecule has 1 aliphatic carbocycles. The lowest BCUT2D eigenvalue weighted by Gasteiger charge is -2.16. The summed E-state index contributed by atoms with van der Waals surface area (Å²) < 4.78 is 1.56. The van der Waals surface area contributed by atoms with Crippen molar-refractivity contribution in [1.82, 2.24) is 19.7 Å². The summed E-state index contributed by atoms with van der Waals surface area (Å²) in [6.45, 7) is 1.69. The Hall–Kier alpha value is -2.24. The van der Waals surface area contributed by atoms with E-state index >= 15 is 0 Å². The van der Waals surface area contributed by atoms with Gasteiger partial charge in [0.15, 0.2) is 5.82 Å². The molecular formula is C13H14N4O2. The Morgan fingerprint density at radius 2 is 2.11 bits per heavy atom. The fraction of sp³-hybridized carbons (Fsp3) is 0.385. The molecule has 0 saturated carbocycles. The molecule has 0 amide bonds. The highest BCUT2D eigenvalue weighted by molar-refractivity contribution is 5.88. The second kappa shape index (κ2) is 4.46. The van der Waals surface area contributed by atoms with Crippen LogP contribution >= 0.6 is 0 Å². The summed E-state index contributed by atoms with van der Waals surface area (Å²) in [5.41, 5.74) is 2.85. The number of aromatic carboxylic acids is 1. The Morgan fingerprint density at radius 1 is 1.32 bits per heavy atom. The van der Waals surface area contributed by atoms with Crippen LogP contribution in [0.25, 0.3) is 5.82 Å². The van der Waals surface area contributed by atoms with E-state index in [0.29, 0.717) is 11.5 Å². The lowest BCUT2D eigenvalue weighted by atomic mass is 9.96. The van der Waals surface area contributed by atoms with Crippen molar-refractivity contribution in [3.05, 3.63) is 35.0 Å². The lowest BCUT2D eigenvalue weighted by Crippen LogP contribution is -2.12. The van der Waals surface area contributed by atoms with E-state index < -0.39 is 5.97 Å². The molecule has 2 aromatic heterocycles. The monoisotopic (exact) mass is 258 g/mol. The predicted octanol–water partition coefficient (Wildman–Crippen LogP) is 1.55. The number of fused-ring (bicyclic) bond motifs is 1. The van der Waals surface area contributed by atoms with E-state index in [2.05, 4.69) is 15.1 Å². The quantitative estimate of drug-likeness (QED) is 0.883. The standard InChI is InChI=1S/C13H14N4O2/c1-8-10(13(18)19)6-17(16-8)12-9-4-2-3-5-11(9)14-7-15-12/h6-7H,2-5H2,1H3,(H,18,19). The Morgan fingerprint density at radius 3 is 2.84 bits per heavy atom. The minimum atomic E-state index is -0.966. The zero-order valence-electron chi connectivity index (χ0n) is 10.6. The fourth-order valence-corrected chi connectivity index (χ4v) is 2.48. The van der Waals surface area contributed by atoms with Gasteiger partial charge in [-0.05, 0) is 32.6 Å². The van der Waals surface area contributed by atoms with Crippen molar-refractivity contribution in [1.29, 1.82) is 0 Å². The van der Waals surface area contributed by atoms with Crippen LogP contribution in [0.3, 0.4) is 0 Å². The van der Waals surface area contributed by atoms with E-state index in [1.165, 1.54) is 12.5 Å². The number of carbonyl (C=O) groups is 1. The highest BCUT2D eigenvalue weighted by Crippen LogP contribution is 2.23. The summed E-state index contributed by atoms with van der Waals surface area (Å²) in [4.78, 5) is 19.6. The number of hydrogen-bond acceptors (Lipinski definition) is 4. The summed E-state index contributed by atoms with van der Waals surface area (Å²) in [5, 5.41) is 13.3. The molecule has 19 heavy (non-hydrogen) atoms. The van der Waals surface area contributed by atoms with Crippen molar-refractivity contribution in [3.63, 3.8) is 0 Å². The summed E-state index contributed by atoms with van der Waals surface area (Å²) in [6, 6.07) is 0. The van der Waals surface area contributed by atoms with E-state index in [-0.39, 0.29) is 5.56 Å².